The van der Waals surface area contributed by atoms with Gasteiger partial charge in [0.05, 0.1) is 24.9 Å². The Hall–Kier alpha value is -1.57. The van der Waals surface area contributed by atoms with Crippen molar-refractivity contribution in [3.8, 4) is 11.8 Å². The van der Waals surface area contributed by atoms with Crippen LogP contribution in [0.5, 0.6) is 5.75 Å². The number of hydrogen-bond acceptors (Lipinski definition) is 4. The number of nitriles is 1. The van der Waals surface area contributed by atoms with Gasteiger partial charge >= 0.3 is 0 Å². The van der Waals surface area contributed by atoms with E-state index < -0.39 is 12.2 Å². The van der Waals surface area contributed by atoms with Crippen molar-refractivity contribution in [2.45, 2.75) is 38.6 Å². The molecule has 0 radical (unpaired) electrons. The first kappa shape index (κ1) is 12.9. The van der Waals surface area contributed by atoms with E-state index >= 15 is 0 Å². The number of nitrogens with zero attached hydrogens (tertiary/aromatic N) is 1. The quantitative estimate of drug-likeness (QED) is 0.883. The fraction of sp³-hybridized carbons (Fsp3) is 0.500. The summed E-state index contributed by atoms with van der Waals surface area (Å²) in [5.74, 6) is 0.888. The highest BCUT2D eigenvalue weighted by molar-refractivity contribution is 5.41. The van der Waals surface area contributed by atoms with E-state index in [-0.39, 0.29) is 6.10 Å². The molecule has 3 unspecified atom stereocenters. The lowest BCUT2D eigenvalue weighted by Crippen LogP contribution is -2.24. The Morgan fingerprint density at radius 1 is 1.44 bits per heavy atom. The molecule has 0 aliphatic carbocycles. The minimum atomic E-state index is -0.652. The van der Waals surface area contributed by atoms with E-state index in [1.54, 1.807) is 13.8 Å². The van der Waals surface area contributed by atoms with Gasteiger partial charge in [-0.2, -0.15) is 5.26 Å². The Labute approximate surface area is 107 Å². The van der Waals surface area contributed by atoms with Gasteiger partial charge in [0.1, 0.15) is 5.75 Å². The second-order valence-corrected chi connectivity index (χ2v) is 4.56. The van der Waals surface area contributed by atoms with Crippen LogP contribution in [0, 0.1) is 11.3 Å². The number of fused-ring (bicyclic) bond motifs is 1. The van der Waals surface area contributed by atoms with Crippen LogP contribution in [-0.2, 0) is 11.2 Å². The minimum Gasteiger partial charge on any atom is -0.493 e. The Balaban J connectivity index is 2.16. The van der Waals surface area contributed by atoms with Gasteiger partial charge < -0.3 is 14.6 Å². The van der Waals surface area contributed by atoms with Gasteiger partial charge in [0.15, 0.2) is 6.10 Å². The van der Waals surface area contributed by atoms with E-state index in [1.807, 2.05) is 18.2 Å². The summed E-state index contributed by atoms with van der Waals surface area (Å²) in [4.78, 5) is 0. The monoisotopic (exact) mass is 247 g/mol. The lowest BCUT2D eigenvalue weighted by Gasteiger charge is -2.20. The summed E-state index contributed by atoms with van der Waals surface area (Å²) in [5, 5.41) is 18.6. The molecule has 0 spiro atoms. The molecule has 1 aromatic carbocycles. The van der Waals surface area contributed by atoms with E-state index in [4.69, 9.17) is 9.47 Å². The summed E-state index contributed by atoms with van der Waals surface area (Å²) in [6, 6.07) is 7.78. The Morgan fingerprint density at radius 2 is 2.22 bits per heavy atom. The zero-order chi connectivity index (χ0) is 13.1. The Kier molecular flexibility index (Phi) is 3.85. The predicted molar refractivity (Wildman–Crippen MR) is 66.2 cm³/mol. The molecular weight excluding hydrogens is 230 g/mol. The smallest absolute Gasteiger partial charge is 0.169 e. The summed E-state index contributed by atoms with van der Waals surface area (Å²) < 4.78 is 11.0. The van der Waals surface area contributed by atoms with Crippen molar-refractivity contribution in [1.82, 2.24) is 0 Å². The van der Waals surface area contributed by atoms with Gasteiger partial charge in [-0.25, -0.2) is 0 Å². The molecule has 0 saturated heterocycles. The minimum absolute atomic E-state index is 0.376. The molecule has 0 aromatic heterocycles. The lowest BCUT2D eigenvalue weighted by atomic mass is 10.0. The molecule has 1 N–H and O–H groups in total. The first-order chi connectivity index (χ1) is 8.61. The highest BCUT2D eigenvalue weighted by Crippen LogP contribution is 2.29. The van der Waals surface area contributed by atoms with Crippen LogP contribution >= 0.6 is 0 Å². The molecule has 96 valence electrons. The molecule has 0 bridgehead atoms. The maximum absolute atomic E-state index is 9.41. The number of aliphatic hydroxyl groups excluding tert-OH is 1. The Morgan fingerprint density at radius 3 is 2.89 bits per heavy atom. The van der Waals surface area contributed by atoms with Gasteiger partial charge in [-0.15, -0.1) is 0 Å². The first-order valence-corrected chi connectivity index (χ1v) is 6.10. The highest BCUT2D eigenvalue weighted by atomic mass is 16.5. The fourth-order valence-electron chi connectivity index (χ4n) is 1.88. The van der Waals surface area contributed by atoms with Crippen molar-refractivity contribution in [3.05, 3.63) is 29.3 Å². The van der Waals surface area contributed by atoms with Gasteiger partial charge in [-0.05, 0) is 37.1 Å². The standard InChI is InChI=1S/C14H17NO3/c1-9(16)10(2)18-14(8-15)11-3-4-13-12(7-11)5-6-17-13/h3-4,7,9-10,14,16H,5-6H2,1-2H3. The SMILES string of the molecule is CC(O)C(C)OC(C#N)c1ccc2c(c1)CCO2. The molecule has 1 heterocycles. The molecule has 2 rings (SSSR count). The molecular formula is C14H17NO3. The second kappa shape index (κ2) is 5.38. The topological polar surface area (TPSA) is 62.5 Å². The van der Waals surface area contributed by atoms with Crippen LogP contribution in [0.2, 0.25) is 0 Å². The maximum atomic E-state index is 9.41. The highest BCUT2D eigenvalue weighted by Gasteiger charge is 2.20. The van der Waals surface area contributed by atoms with Crippen molar-refractivity contribution in [1.29, 1.82) is 5.26 Å². The molecule has 0 saturated carbocycles. The third-order valence-electron chi connectivity index (χ3n) is 3.16. The van der Waals surface area contributed by atoms with E-state index in [0.717, 1.165) is 23.3 Å². The first-order valence-electron chi connectivity index (χ1n) is 6.10. The molecule has 0 amide bonds. The Bertz CT molecular complexity index is 465. The number of hydrogen-bond donors (Lipinski definition) is 1. The van der Waals surface area contributed by atoms with Gasteiger partial charge in [0.25, 0.3) is 0 Å². The van der Waals surface area contributed by atoms with E-state index in [9.17, 15) is 10.4 Å². The number of benzene rings is 1. The number of ether oxygens (including phenoxy) is 2. The van der Waals surface area contributed by atoms with Gasteiger partial charge in [-0.3, -0.25) is 0 Å². The van der Waals surface area contributed by atoms with Crippen molar-refractivity contribution >= 4 is 0 Å². The van der Waals surface area contributed by atoms with Crippen LogP contribution in [0.4, 0.5) is 0 Å². The molecule has 18 heavy (non-hydrogen) atoms. The molecule has 3 atom stereocenters. The summed E-state index contributed by atoms with van der Waals surface area (Å²) >= 11 is 0. The molecule has 1 aliphatic heterocycles. The summed E-state index contributed by atoms with van der Waals surface area (Å²) in [6.45, 7) is 4.10. The number of rotatable bonds is 4. The predicted octanol–water partition coefficient (Wildman–Crippen LogP) is 1.97. The van der Waals surface area contributed by atoms with Crippen LogP contribution in [0.1, 0.15) is 31.1 Å². The fourth-order valence-corrected chi connectivity index (χ4v) is 1.88. The van der Waals surface area contributed by atoms with Crippen LogP contribution in [-0.4, -0.2) is 23.9 Å². The molecule has 0 fully saturated rings. The van der Waals surface area contributed by atoms with Crippen LogP contribution in [0.25, 0.3) is 0 Å². The van der Waals surface area contributed by atoms with Crippen LogP contribution in [0.3, 0.4) is 0 Å². The van der Waals surface area contributed by atoms with E-state index in [2.05, 4.69) is 6.07 Å². The number of aliphatic hydroxyl groups is 1. The zero-order valence-corrected chi connectivity index (χ0v) is 10.6. The summed E-state index contributed by atoms with van der Waals surface area (Å²) in [5.41, 5.74) is 1.93. The van der Waals surface area contributed by atoms with Gasteiger partial charge in [0, 0.05) is 6.42 Å². The lowest BCUT2D eigenvalue weighted by molar-refractivity contribution is -0.0426. The summed E-state index contributed by atoms with van der Waals surface area (Å²) in [6.07, 6.45) is -0.758. The van der Waals surface area contributed by atoms with Gasteiger partial charge in [0.2, 0.25) is 0 Å². The molecule has 1 aromatic rings. The van der Waals surface area contributed by atoms with Crippen LogP contribution < -0.4 is 4.74 Å². The average molecular weight is 247 g/mol. The molecule has 1 aliphatic rings. The largest absolute Gasteiger partial charge is 0.493 e. The van der Waals surface area contributed by atoms with Crippen molar-refractivity contribution in [2.75, 3.05) is 6.61 Å². The average Bonchev–Trinajstić information content (AvgIpc) is 2.82. The van der Waals surface area contributed by atoms with Crippen LogP contribution in [0.15, 0.2) is 18.2 Å². The third-order valence-corrected chi connectivity index (χ3v) is 3.16. The van der Waals surface area contributed by atoms with Gasteiger partial charge in [-0.1, -0.05) is 6.07 Å². The van der Waals surface area contributed by atoms with E-state index in [0.29, 0.717) is 6.61 Å². The normalized spacial score (nSPS) is 18.3. The zero-order valence-electron chi connectivity index (χ0n) is 10.6. The third kappa shape index (κ3) is 2.63. The molecule has 4 nitrogen and oxygen atoms in total. The van der Waals surface area contributed by atoms with E-state index in [1.165, 1.54) is 0 Å². The summed E-state index contributed by atoms with van der Waals surface area (Å²) in [7, 11) is 0. The molecule has 4 heteroatoms. The van der Waals surface area contributed by atoms with Crippen molar-refractivity contribution in [2.24, 2.45) is 0 Å². The van der Waals surface area contributed by atoms with Crippen molar-refractivity contribution < 1.29 is 14.6 Å². The van der Waals surface area contributed by atoms with Crippen molar-refractivity contribution in [3.63, 3.8) is 0 Å². The maximum Gasteiger partial charge on any atom is 0.169 e. The second-order valence-electron chi connectivity index (χ2n) is 4.56.